The number of rotatable bonds is 7. The van der Waals surface area contributed by atoms with Crippen molar-refractivity contribution in [2.24, 2.45) is 5.41 Å². The van der Waals surface area contributed by atoms with Gasteiger partial charge >= 0.3 is 5.97 Å². The number of halogens is 1. The Morgan fingerprint density at radius 3 is 2.84 bits per heavy atom. The van der Waals surface area contributed by atoms with Crippen molar-refractivity contribution < 1.29 is 14.6 Å². The van der Waals surface area contributed by atoms with Crippen LogP contribution in [0.3, 0.4) is 0 Å². The van der Waals surface area contributed by atoms with Gasteiger partial charge in [-0.05, 0) is 17.9 Å². The monoisotopic (exact) mass is 286 g/mol. The van der Waals surface area contributed by atoms with Crippen LogP contribution in [0.4, 0.5) is 5.82 Å². The van der Waals surface area contributed by atoms with Crippen LogP contribution in [0.5, 0.6) is 0 Å². The molecule has 1 heterocycles. The average molecular weight is 287 g/mol. The maximum atomic E-state index is 11.0. The Labute approximate surface area is 117 Å². The lowest BCUT2D eigenvalue weighted by Gasteiger charge is -2.25. The molecule has 6 heteroatoms. The zero-order valence-electron chi connectivity index (χ0n) is 11.4. The summed E-state index contributed by atoms with van der Waals surface area (Å²) in [5.74, 6) is -0.666. The Kier molecular flexibility index (Phi) is 5.57. The summed E-state index contributed by atoms with van der Waals surface area (Å²) >= 11 is 6.01. The maximum Gasteiger partial charge on any atom is 0.337 e. The summed E-state index contributed by atoms with van der Waals surface area (Å²) in [5.41, 5.74) is 0.0501. The number of nitrogens with zero attached hydrogens (tertiary/aromatic N) is 1. The molecule has 5 nitrogen and oxygen atoms in total. The van der Waals surface area contributed by atoms with Crippen molar-refractivity contribution >= 4 is 23.4 Å². The second kappa shape index (κ2) is 6.73. The number of ether oxygens (including phenoxy) is 1. The van der Waals surface area contributed by atoms with E-state index in [1.165, 1.54) is 12.3 Å². The lowest BCUT2D eigenvalue weighted by Crippen LogP contribution is -2.25. The molecule has 0 aliphatic carbocycles. The first-order chi connectivity index (χ1) is 8.87. The molecule has 0 radical (unpaired) electrons. The molecule has 0 saturated heterocycles. The van der Waals surface area contributed by atoms with Gasteiger partial charge in [0, 0.05) is 26.5 Å². The number of methoxy groups -OCH3 is 1. The van der Waals surface area contributed by atoms with Crippen LogP contribution in [0.25, 0.3) is 0 Å². The molecule has 0 aliphatic rings. The van der Waals surface area contributed by atoms with Gasteiger partial charge in [-0.15, -0.1) is 0 Å². The summed E-state index contributed by atoms with van der Waals surface area (Å²) in [6, 6.07) is 1.38. The molecule has 1 aromatic rings. The predicted octanol–water partition coefficient (Wildman–Crippen LogP) is 2.91. The quantitative estimate of drug-likeness (QED) is 0.806. The van der Waals surface area contributed by atoms with Gasteiger partial charge in [-0.1, -0.05) is 25.4 Å². The van der Waals surface area contributed by atoms with Gasteiger partial charge in [0.25, 0.3) is 0 Å². The summed E-state index contributed by atoms with van der Waals surface area (Å²) in [4.78, 5) is 15.0. The Morgan fingerprint density at radius 2 is 2.26 bits per heavy atom. The maximum absolute atomic E-state index is 11.0. The molecular formula is C13H19ClN2O3. The van der Waals surface area contributed by atoms with Gasteiger partial charge in [0.05, 0.1) is 10.6 Å². The number of hydrogen-bond acceptors (Lipinski definition) is 4. The zero-order valence-corrected chi connectivity index (χ0v) is 12.1. The first kappa shape index (κ1) is 15.7. The predicted molar refractivity (Wildman–Crippen MR) is 75.0 cm³/mol. The number of nitrogens with one attached hydrogen (secondary N) is 1. The van der Waals surface area contributed by atoms with Gasteiger partial charge in [-0.25, -0.2) is 9.78 Å². The smallest absolute Gasteiger partial charge is 0.337 e. The molecule has 0 aliphatic heterocycles. The van der Waals surface area contributed by atoms with E-state index in [4.69, 9.17) is 21.4 Å². The minimum absolute atomic E-state index is 0.000245. The van der Waals surface area contributed by atoms with E-state index in [0.29, 0.717) is 19.0 Å². The van der Waals surface area contributed by atoms with Gasteiger partial charge in [0.15, 0.2) is 0 Å². The van der Waals surface area contributed by atoms with Gasteiger partial charge in [-0.2, -0.15) is 0 Å². The largest absolute Gasteiger partial charge is 0.478 e. The van der Waals surface area contributed by atoms with E-state index in [1.54, 1.807) is 7.11 Å². The molecule has 0 saturated carbocycles. The van der Waals surface area contributed by atoms with Crippen molar-refractivity contribution in [1.29, 1.82) is 0 Å². The van der Waals surface area contributed by atoms with E-state index in [1.807, 2.05) is 0 Å². The average Bonchev–Trinajstić information content (AvgIpc) is 2.35. The van der Waals surface area contributed by atoms with Crippen LogP contribution in [0.2, 0.25) is 5.02 Å². The van der Waals surface area contributed by atoms with Crippen LogP contribution in [0.15, 0.2) is 12.3 Å². The van der Waals surface area contributed by atoms with Gasteiger partial charge in [0.2, 0.25) is 0 Å². The fourth-order valence-electron chi connectivity index (χ4n) is 1.52. The molecule has 1 aromatic heterocycles. The van der Waals surface area contributed by atoms with Gasteiger partial charge in [-0.3, -0.25) is 0 Å². The van der Waals surface area contributed by atoms with Crippen molar-refractivity contribution in [3.8, 4) is 0 Å². The second-order valence-electron chi connectivity index (χ2n) is 5.09. The lowest BCUT2D eigenvalue weighted by molar-refractivity contribution is 0.0697. The molecular weight excluding hydrogens is 268 g/mol. The summed E-state index contributed by atoms with van der Waals surface area (Å²) in [6.07, 6.45) is 2.31. The third-order valence-corrected chi connectivity index (χ3v) is 3.22. The number of anilines is 1. The first-order valence-corrected chi connectivity index (χ1v) is 6.36. The Hall–Kier alpha value is -1.33. The van der Waals surface area contributed by atoms with Crippen LogP contribution < -0.4 is 5.32 Å². The van der Waals surface area contributed by atoms with E-state index in [9.17, 15) is 4.79 Å². The van der Waals surface area contributed by atoms with E-state index >= 15 is 0 Å². The Bertz CT molecular complexity index is 450. The van der Waals surface area contributed by atoms with Crippen molar-refractivity contribution in [3.05, 3.63) is 22.8 Å². The van der Waals surface area contributed by atoms with Crippen LogP contribution in [-0.2, 0) is 4.74 Å². The van der Waals surface area contributed by atoms with Crippen LogP contribution in [-0.4, -0.2) is 36.3 Å². The number of hydrogen-bond donors (Lipinski definition) is 2. The van der Waals surface area contributed by atoms with E-state index in [-0.39, 0.29) is 16.0 Å². The zero-order chi connectivity index (χ0) is 14.5. The van der Waals surface area contributed by atoms with Crippen molar-refractivity contribution in [1.82, 2.24) is 4.98 Å². The molecule has 0 unspecified atom stereocenters. The molecule has 1 rings (SSSR count). The Morgan fingerprint density at radius 1 is 1.58 bits per heavy atom. The fraction of sp³-hybridized carbons (Fsp3) is 0.538. The minimum atomic E-state index is -1.06. The highest BCUT2D eigenvalue weighted by Crippen LogP contribution is 2.26. The van der Waals surface area contributed by atoms with Crippen molar-refractivity contribution in [3.63, 3.8) is 0 Å². The molecule has 0 spiro atoms. The van der Waals surface area contributed by atoms with Crippen molar-refractivity contribution in [2.75, 3.05) is 25.6 Å². The van der Waals surface area contributed by atoms with Crippen LogP contribution in [0, 0.1) is 5.41 Å². The summed E-state index contributed by atoms with van der Waals surface area (Å²) in [5, 5.41) is 12.2. The first-order valence-electron chi connectivity index (χ1n) is 5.98. The normalized spacial score (nSPS) is 11.4. The highest BCUT2D eigenvalue weighted by Gasteiger charge is 2.19. The molecule has 106 valence electrons. The van der Waals surface area contributed by atoms with Crippen LogP contribution in [0.1, 0.15) is 30.6 Å². The standard InChI is InChI=1S/C13H19ClN2O3/c1-13(2,5-7-19-3)8-16-11-10(14)9(12(17)18)4-6-15-11/h4,6H,5,7-8H2,1-3H3,(H,15,16)(H,17,18). The third-order valence-electron chi connectivity index (χ3n) is 2.84. The van der Waals surface area contributed by atoms with Gasteiger partial charge in [0.1, 0.15) is 5.82 Å². The van der Waals surface area contributed by atoms with E-state index in [0.717, 1.165) is 6.42 Å². The number of aromatic carboxylic acids is 1. The molecule has 0 atom stereocenters. The van der Waals surface area contributed by atoms with E-state index < -0.39 is 5.97 Å². The third kappa shape index (κ3) is 4.69. The molecule has 0 fully saturated rings. The van der Waals surface area contributed by atoms with Crippen molar-refractivity contribution in [2.45, 2.75) is 20.3 Å². The Balaban J connectivity index is 2.73. The molecule has 19 heavy (non-hydrogen) atoms. The number of carboxylic acid groups (broad SMARTS) is 1. The highest BCUT2D eigenvalue weighted by molar-refractivity contribution is 6.35. The number of carbonyl (C=O) groups is 1. The molecule has 0 aromatic carbocycles. The fourth-order valence-corrected chi connectivity index (χ4v) is 1.78. The summed E-state index contributed by atoms with van der Waals surface area (Å²) < 4.78 is 5.06. The summed E-state index contributed by atoms with van der Waals surface area (Å²) in [7, 11) is 1.66. The SMILES string of the molecule is COCCC(C)(C)CNc1nccc(C(=O)O)c1Cl. The topological polar surface area (TPSA) is 71.5 Å². The summed E-state index contributed by atoms with van der Waals surface area (Å²) in [6.45, 7) is 5.49. The second-order valence-corrected chi connectivity index (χ2v) is 5.46. The number of aromatic nitrogens is 1. The molecule has 2 N–H and O–H groups in total. The van der Waals surface area contributed by atoms with E-state index in [2.05, 4.69) is 24.1 Å². The van der Waals surface area contributed by atoms with Gasteiger partial charge < -0.3 is 15.2 Å². The lowest BCUT2D eigenvalue weighted by atomic mass is 9.90. The molecule has 0 amide bonds. The number of pyridine rings is 1. The van der Waals surface area contributed by atoms with Crippen LogP contribution >= 0.6 is 11.6 Å². The molecule has 0 bridgehead atoms. The number of carboxylic acids is 1. The minimum Gasteiger partial charge on any atom is -0.478 e. The highest BCUT2D eigenvalue weighted by atomic mass is 35.5.